The van der Waals surface area contributed by atoms with Crippen LogP contribution >= 0.6 is 47.8 Å². The van der Waals surface area contributed by atoms with Crippen molar-refractivity contribution in [1.82, 2.24) is 0 Å². The molecule has 0 saturated heterocycles. The van der Waals surface area contributed by atoms with Gasteiger partial charge < -0.3 is 0 Å². The van der Waals surface area contributed by atoms with Gasteiger partial charge in [0.1, 0.15) is 0 Å². The van der Waals surface area contributed by atoms with Gasteiger partial charge in [0.2, 0.25) is 0 Å². The Morgan fingerprint density at radius 2 is 1.35 bits per heavy atom. The van der Waals surface area contributed by atoms with Crippen LogP contribution in [-0.2, 0) is 0 Å². The lowest BCUT2D eigenvalue weighted by molar-refractivity contribution is 0.733. The van der Waals surface area contributed by atoms with Crippen LogP contribution in [-0.4, -0.2) is 0 Å². The maximum atomic E-state index is 3.80. The quantitative estimate of drug-likeness (QED) is 0.423. The minimum Gasteiger partial charge on any atom is -0.0786 e. The van der Waals surface area contributed by atoms with Gasteiger partial charge in [-0.2, -0.15) is 0 Å². The lowest BCUT2D eigenvalue weighted by Crippen LogP contribution is -1.95. The first-order valence-electron chi connectivity index (χ1n) is 6.71. The Hall–Kier alpha value is -0.120. The second-order valence-corrected chi connectivity index (χ2v) is 7.79. The second kappa shape index (κ2) is 7.24. The molecule has 2 atom stereocenters. The number of rotatable bonds is 4. The van der Waals surface area contributed by atoms with Crippen LogP contribution in [0.3, 0.4) is 0 Å². The predicted octanol–water partition coefficient (Wildman–Crippen LogP) is 7.21. The van der Waals surface area contributed by atoms with Gasteiger partial charge in [0.05, 0.1) is 4.83 Å². The SMILES string of the molecule is CCC(C)c1ccc(C(Br)c2cc(Br)cc(Br)c2)cc1. The van der Waals surface area contributed by atoms with Gasteiger partial charge >= 0.3 is 0 Å². The normalized spacial score (nSPS) is 14.1. The zero-order chi connectivity index (χ0) is 14.7. The maximum Gasteiger partial charge on any atom is 0.0645 e. The Balaban J connectivity index is 2.26. The van der Waals surface area contributed by atoms with Crippen LogP contribution in [0.2, 0.25) is 0 Å². The molecule has 20 heavy (non-hydrogen) atoms. The molecule has 0 aliphatic rings. The molecule has 2 aromatic carbocycles. The summed E-state index contributed by atoms with van der Waals surface area (Å²) in [5.74, 6) is 0.623. The molecule has 0 aromatic heterocycles. The largest absolute Gasteiger partial charge is 0.0786 e. The van der Waals surface area contributed by atoms with Crippen molar-refractivity contribution in [1.29, 1.82) is 0 Å². The summed E-state index contributed by atoms with van der Waals surface area (Å²) in [6, 6.07) is 15.3. The number of benzene rings is 2. The van der Waals surface area contributed by atoms with Crippen LogP contribution in [0.5, 0.6) is 0 Å². The number of hydrogen-bond donors (Lipinski definition) is 0. The topological polar surface area (TPSA) is 0 Å². The zero-order valence-corrected chi connectivity index (χ0v) is 16.3. The molecule has 0 radical (unpaired) electrons. The molecule has 0 nitrogen and oxygen atoms in total. The highest BCUT2D eigenvalue weighted by Crippen LogP contribution is 2.34. The summed E-state index contributed by atoms with van der Waals surface area (Å²) in [6.45, 7) is 4.50. The fourth-order valence-corrected chi connectivity index (χ4v) is 4.04. The molecule has 2 unspecified atom stereocenters. The first-order valence-corrected chi connectivity index (χ1v) is 9.21. The van der Waals surface area contributed by atoms with Gasteiger partial charge in [-0.15, -0.1) is 0 Å². The molecule has 2 aromatic rings. The van der Waals surface area contributed by atoms with Gasteiger partial charge in [-0.25, -0.2) is 0 Å². The summed E-state index contributed by atoms with van der Waals surface area (Å²) in [5.41, 5.74) is 3.93. The molecular formula is C17H17Br3. The minimum absolute atomic E-state index is 0.210. The van der Waals surface area contributed by atoms with Crippen molar-refractivity contribution in [3.05, 3.63) is 68.1 Å². The monoisotopic (exact) mass is 458 g/mol. The van der Waals surface area contributed by atoms with E-state index in [2.05, 4.69) is 104 Å². The van der Waals surface area contributed by atoms with Gasteiger partial charge in [0.15, 0.2) is 0 Å². The zero-order valence-electron chi connectivity index (χ0n) is 11.5. The molecule has 0 amide bonds. The van der Waals surface area contributed by atoms with Crippen molar-refractivity contribution < 1.29 is 0 Å². The standard InChI is InChI=1S/C17H17Br3/c1-3-11(2)12-4-6-13(7-5-12)17(20)14-8-15(18)10-16(19)9-14/h4-11,17H,3H2,1-2H3. The maximum absolute atomic E-state index is 3.80. The third-order valence-electron chi connectivity index (χ3n) is 3.59. The third kappa shape index (κ3) is 3.96. The van der Waals surface area contributed by atoms with Crippen molar-refractivity contribution >= 4 is 47.8 Å². The van der Waals surface area contributed by atoms with Crippen LogP contribution < -0.4 is 0 Å². The van der Waals surface area contributed by atoms with Crippen LogP contribution in [0.15, 0.2) is 51.4 Å². The summed E-state index contributed by atoms with van der Waals surface area (Å²) in [5, 5.41) is 0. The van der Waals surface area contributed by atoms with Gasteiger partial charge in [-0.1, -0.05) is 85.9 Å². The van der Waals surface area contributed by atoms with Crippen molar-refractivity contribution in [2.45, 2.75) is 31.0 Å². The fourth-order valence-electron chi connectivity index (χ4n) is 2.14. The average molecular weight is 461 g/mol. The van der Waals surface area contributed by atoms with Crippen molar-refractivity contribution in [2.24, 2.45) is 0 Å². The Morgan fingerprint density at radius 1 is 0.850 bits per heavy atom. The molecule has 0 aliphatic carbocycles. The Labute approximate surface area is 146 Å². The molecule has 0 heterocycles. The van der Waals surface area contributed by atoms with Gasteiger partial charge in [0.25, 0.3) is 0 Å². The summed E-state index contributed by atoms with van der Waals surface area (Å²) >= 11 is 10.9. The molecule has 106 valence electrons. The van der Waals surface area contributed by atoms with Crippen LogP contribution in [0.4, 0.5) is 0 Å². The van der Waals surface area contributed by atoms with E-state index in [4.69, 9.17) is 0 Å². The molecule has 3 heteroatoms. The van der Waals surface area contributed by atoms with E-state index in [9.17, 15) is 0 Å². The molecule has 0 bridgehead atoms. The molecule has 0 aliphatic heterocycles. The van der Waals surface area contributed by atoms with E-state index in [1.165, 1.54) is 23.1 Å². The fraction of sp³-hybridized carbons (Fsp3) is 0.294. The number of hydrogen-bond acceptors (Lipinski definition) is 0. The number of alkyl halides is 1. The van der Waals surface area contributed by atoms with E-state index < -0.39 is 0 Å². The highest BCUT2D eigenvalue weighted by atomic mass is 79.9. The van der Waals surface area contributed by atoms with E-state index in [0.29, 0.717) is 5.92 Å². The van der Waals surface area contributed by atoms with E-state index in [1.54, 1.807) is 0 Å². The lowest BCUT2D eigenvalue weighted by Gasteiger charge is -2.14. The smallest absolute Gasteiger partial charge is 0.0645 e. The van der Waals surface area contributed by atoms with Gasteiger partial charge in [-0.3, -0.25) is 0 Å². The third-order valence-corrected chi connectivity index (χ3v) is 5.56. The van der Waals surface area contributed by atoms with E-state index in [1.807, 2.05) is 0 Å². The van der Waals surface area contributed by atoms with Crippen molar-refractivity contribution in [3.63, 3.8) is 0 Å². The predicted molar refractivity (Wildman–Crippen MR) is 97.8 cm³/mol. The second-order valence-electron chi connectivity index (χ2n) is 5.04. The summed E-state index contributed by atoms with van der Waals surface area (Å²) in [4.78, 5) is 0.210. The number of halogens is 3. The van der Waals surface area contributed by atoms with Crippen LogP contribution in [0, 0.1) is 0 Å². The molecule has 0 saturated carbocycles. The minimum atomic E-state index is 0.210. The van der Waals surface area contributed by atoms with Crippen molar-refractivity contribution in [2.75, 3.05) is 0 Å². The highest BCUT2D eigenvalue weighted by Gasteiger charge is 2.12. The lowest BCUT2D eigenvalue weighted by atomic mass is 9.96. The Morgan fingerprint density at radius 3 is 1.85 bits per heavy atom. The first-order chi connectivity index (χ1) is 9.51. The van der Waals surface area contributed by atoms with Gasteiger partial charge in [0, 0.05) is 8.95 Å². The van der Waals surface area contributed by atoms with E-state index in [0.717, 1.165) is 8.95 Å². The first kappa shape index (κ1) is 16.3. The molecule has 0 fully saturated rings. The van der Waals surface area contributed by atoms with Crippen LogP contribution in [0.25, 0.3) is 0 Å². The van der Waals surface area contributed by atoms with E-state index >= 15 is 0 Å². The summed E-state index contributed by atoms with van der Waals surface area (Å²) in [7, 11) is 0. The summed E-state index contributed by atoms with van der Waals surface area (Å²) in [6.07, 6.45) is 1.18. The Bertz CT molecular complexity index is 555. The molecule has 0 spiro atoms. The van der Waals surface area contributed by atoms with E-state index in [-0.39, 0.29) is 4.83 Å². The molecule has 2 rings (SSSR count). The molecule has 0 N–H and O–H groups in total. The van der Waals surface area contributed by atoms with Crippen molar-refractivity contribution in [3.8, 4) is 0 Å². The van der Waals surface area contributed by atoms with Gasteiger partial charge in [-0.05, 0) is 47.2 Å². The average Bonchev–Trinajstić information content (AvgIpc) is 2.45. The Kier molecular flexibility index (Phi) is 5.88. The highest BCUT2D eigenvalue weighted by molar-refractivity contribution is 9.11. The van der Waals surface area contributed by atoms with Crippen LogP contribution in [0.1, 0.15) is 47.7 Å². The summed E-state index contributed by atoms with van der Waals surface area (Å²) < 4.78 is 2.17. The molecular weight excluding hydrogens is 444 g/mol.